The highest BCUT2D eigenvalue weighted by Gasteiger charge is 2.30. The van der Waals surface area contributed by atoms with Crippen LogP contribution in [0.1, 0.15) is 67.3 Å². The van der Waals surface area contributed by atoms with Gasteiger partial charge in [0.15, 0.2) is 11.5 Å². The number of carbonyl (C=O) groups excluding carboxylic acids is 1. The number of benzene rings is 3. The third-order valence-electron chi connectivity index (χ3n) is 6.67. The highest BCUT2D eigenvalue weighted by atomic mass is 19.4. The first-order chi connectivity index (χ1) is 18.4. The van der Waals surface area contributed by atoms with Crippen molar-refractivity contribution in [3.05, 3.63) is 88.5 Å². The van der Waals surface area contributed by atoms with Crippen LogP contribution in [-0.4, -0.2) is 31.7 Å². The molecule has 0 radical (unpaired) electrons. The van der Waals surface area contributed by atoms with E-state index >= 15 is 0 Å². The minimum atomic E-state index is -4.42. The molecule has 2 amide bonds. The summed E-state index contributed by atoms with van der Waals surface area (Å²) in [7, 11) is 3.12. The number of hydrogen-bond donors (Lipinski definition) is 1. The Bertz CT molecular complexity index is 1230. The molecular formula is C31H37F3N2O3. The number of alkyl halides is 3. The van der Waals surface area contributed by atoms with Crippen LogP contribution in [0.5, 0.6) is 11.5 Å². The Morgan fingerprint density at radius 1 is 0.846 bits per heavy atom. The Kier molecular flexibility index (Phi) is 9.89. The smallest absolute Gasteiger partial charge is 0.416 e. The summed E-state index contributed by atoms with van der Waals surface area (Å²) in [5.41, 5.74) is 3.67. The van der Waals surface area contributed by atoms with Gasteiger partial charge in [0.2, 0.25) is 0 Å². The van der Waals surface area contributed by atoms with Crippen LogP contribution in [0, 0.1) is 0 Å². The number of methoxy groups -OCH3 is 2. The molecule has 3 rings (SSSR count). The number of halogens is 3. The molecule has 0 fully saturated rings. The second-order valence-electron chi connectivity index (χ2n) is 10.1. The number of amides is 2. The zero-order chi connectivity index (χ0) is 28.7. The van der Waals surface area contributed by atoms with Gasteiger partial charge in [0, 0.05) is 18.8 Å². The molecule has 0 aromatic heterocycles. The third-order valence-corrected chi connectivity index (χ3v) is 6.67. The van der Waals surface area contributed by atoms with E-state index < -0.39 is 11.7 Å². The molecule has 0 bridgehead atoms. The molecular weight excluding hydrogens is 505 g/mol. The fraction of sp³-hybridized carbons (Fsp3) is 0.387. The fourth-order valence-electron chi connectivity index (χ4n) is 4.45. The van der Waals surface area contributed by atoms with Gasteiger partial charge in [-0.15, -0.1) is 0 Å². The molecule has 0 aliphatic carbocycles. The van der Waals surface area contributed by atoms with Gasteiger partial charge >= 0.3 is 12.2 Å². The average molecular weight is 543 g/mol. The Morgan fingerprint density at radius 2 is 1.41 bits per heavy atom. The predicted molar refractivity (Wildman–Crippen MR) is 149 cm³/mol. The minimum absolute atomic E-state index is 0.151. The van der Waals surface area contributed by atoms with Crippen molar-refractivity contribution in [1.29, 1.82) is 0 Å². The molecule has 3 aromatic rings. The summed E-state index contributed by atoms with van der Waals surface area (Å²) < 4.78 is 50.0. The lowest BCUT2D eigenvalue weighted by atomic mass is 9.93. The van der Waals surface area contributed by atoms with Crippen molar-refractivity contribution in [2.75, 3.05) is 26.1 Å². The van der Waals surface area contributed by atoms with E-state index in [0.717, 1.165) is 34.5 Å². The lowest BCUT2D eigenvalue weighted by Gasteiger charge is -2.27. The number of para-hydroxylation sites is 1. The number of urea groups is 1. The first-order valence-corrected chi connectivity index (χ1v) is 13.0. The van der Waals surface area contributed by atoms with Crippen molar-refractivity contribution >= 4 is 11.7 Å². The van der Waals surface area contributed by atoms with Crippen molar-refractivity contribution in [3.63, 3.8) is 0 Å². The van der Waals surface area contributed by atoms with Gasteiger partial charge in [0.1, 0.15) is 0 Å². The molecule has 0 aliphatic rings. The summed E-state index contributed by atoms with van der Waals surface area (Å²) in [6.07, 6.45) is -3.91. The van der Waals surface area contributed by atoms with Gasteiger partial charge < -0.3 is 19.7 Å². The SMILES string of the molecule is COc1ccc(CCN(Cc2ccc(C(F)(F)F)cc2)C(=O)Nc2c(C(C)C)cccc2C(C)C)cc1OC. The van der Waals surface area contributed by atoms with Gasteiger partial charge in [-0.25, -0.2) is 4.79 Å². The summed E-state index contributed by atoms with van der Waals surface area (Å²) in [4.78, 5) is 15.4. The molecule has 39 heavy (non-hydrogen) atoms. The van der Waals surface area contributed by atoms with Crippen molar-refractivity contribution < 1.29 is 27.4 Å². The van der Waals surface area contributed by atoms with Crippen LogP contribution in [0.2, 0.25) is 0 Å². The van der Waals surface area contributed by atoms with Crippen LogP contribution in [0.3, 0.4) is 0 Å². The Labute approximate surface area is 228 Å². The maximum absolute atomic E-state index is 13.7. The molecule has 0 unspecified atom stereocenters. The van der Waals surface area contributed by atoms with Crippen LogP contribution in [0.4, 0.5) is 23.7 Å². The molecule has 0 spiro atoms. The zero-order valence-electron chi connectivity index (χ0n) is 23.4. The van der Waals surface area contributed by atoms with Crippen molar-refractivity contribution in [1.82, 2.24) is 4.90 Å². The van der Waals surface area contributed by atoms with Crippen molar-refractivity contribution in [3.8, 4) is 11.5 Å². The normalized spacial score (nSPS) is 11.6. The Morgan fingerprint density at radius 3 is 1.92 bits per heavy atom. The number of carbonyl (C=O) groups is 1. The summed E-state index contributed by atoms with van der Waals surface area (Å²) >= 11 is 0. The van der Waals surface area contributed by atoms with Crippen LogP contribution in [-0.2, 0) is 19.1 Å². The standard InChI is InChI=1S/C31H37F3N2O3/c1-20(2)25-8-7-9-26(21(3)4)29(25)35-30(37)36(19-23-10-13-24(14-11-23)31(32,33)34)17-16-22-12-15-27(38-5)28(18-22)39-6/h7-15,18,20-21H,16-17,19H2,1-6H3,(H,35,37). The number of rotatable bonds is 10. The molecule has 1 N–H and O–H groups in total. The van der Waals surface area contributed by atoms with Crippen molar-refractivity contribution in [2.24, 2.45) is 0 Å². The first-order valence-electron chi connectivity index (χ1n) is 13.0. The fourth-order valence-corrected chi connectivity index (χ4v) is 4.45. The number of nitrogens with one attached hydrogen (secondary N) is 1. The molecule has 0 atom stereocenters. The van der Waals surface area contributed by atoms with Gasteiger partial charge in [-0.05, 0) is 64.8 Å². The van der Waals surface area contributed by atoms with E-state index in [9.17, 15) is 18.0 Å². The van der Waals surface area contributed by atoms with Gasteiger partial charge in [0.05, 0.1) is 19.8 Å². The predicted octanol–water partition coefficient (Wildman–Crippen LogP) is 8.25. The van der Waals surface area contributed by atoms with E-state index in [0.29, 0.717) is 30.0 Å². The van der Waals surface area contributed by atoms with Crippen LogP contribution in [0.15, 0.2) is 60.7 Å². The molecule has 0 saturated heterocycles. The highest BCUT2D eigenvalue weighted by molar-refractivity contribution is 5.91. The monoisotopic (exact) mass is 542 g/mol. The lowest BCUT2D eigenvalue weighted by Crippen LogP contribution is -2.36. The quantitative estimate of drug-likeness (QED) is 0.281. The summed E-state index contributed by atoms with van der Waals surface area (Å²) in [6, 6.07) is 16.2. The molecule has 0 saturated carbocycles. The van der Waals surface area contributed by atoms with Crippen LogP contribution in [0.25, 0.3) is 0 Å². The van der Waals surface area contributed by atoms with Gasteiger partial charge in [0.25, 0.3) is 0 Å². The van der Waals surface area contributed by atoms with E-state index in [4.69, 9.17) is 9.47 Å². The molecule has 8 heteroatoms. The van der Waals surface area contributed by atoms with E-state index in [1.165, 1.54) is 12.1 Å². The second kappa shape index (κ2) is 12.9. The maximum atomic E-state index is 13.7. The number of ether oxygens (including phenoxy) is 2. The molecule has 210 valence electrons. The van der Waals surface area contributed by atoms with Crippen molar-refractivity contribution in [2.45, 2.75) is 58.7 Å². The Hall–Kier alpha value is -3.68. The van der Waals surface area contributed by atoms with E-state index in [2.05, 4.69) is 33.0 Å². The van der Waals surface area contributed by atoms with Crippen LogP contribution >= 0.6 is 0 Å². The van der Waals surface area contributed by atoms with E-state index in [1.54, 1.807) is 19.1 Å². The largest absolute Gasteiger partial charge is 0.493 e. The minimum Gasteiger partial charge on any atom is -0.493 e. The lowest BCUT2D eigenvalue weighted by molar-refractivity contribution is -0.137. The number of hydrogen-bond acceptors (Lipinski definition) is 3. The number of anilines is 1. The van der Waals surface area contributed by atoms with Crippen LogP contribution < -0.4 is 14.8 Å². The average Bonchev–Trinajstić information content (AvgIpc) is 2.90. The first kappa shape index (κ1) is 29.9. The van der Waals surface area contributed by atoms with Gasteiger partial charge in [-0.3, -0.25) is 0 Å². The zero-order valence-corrected chi connectivity index (χ0v) is 23.4. The molecule has 0 aliphatic heterocycles. The summed E-state index contributed by atoms with van der Waals surface area (Å²) in [5.74, 6) is 1.57. The highest BCUT2D eigenvalue weighted by Crippen LogP contribution is 2.33. The van der Waals surface area contributed by atoms with Gasteiger partial charge in [-0.2, -0.15) is 13.2 Å². The Balaban J connectivity index is 1.91. The maximum Gasteiger partial charge on any atom is 0.416 e. The van der Waals surface area contributed by atoms with Gasteiger partial charge in [-0.1, -0.05) is 64.1 Å². The third kappa shape index (κ3) is 7.68. The van der Waals surface area contributed by atoms with E-state index in [1.807, 2.05) is 36.4 Å². The molecule has 5 nitrogen and oxygen atoms in total. The second-order valence-corrected chi connectivity index (χ2v) is 10.1. The summed E-state index contributed by atoms with van der Waals surface area (Å²) in [5, 5.41) is 3.14. The molecule has 0 heterocycles. The summed E-state index contributed by atoms with van der Waals surface area (Å²) in [6.45, 7) is 8.79. The topological polar surface area (TPSA) is 50.8 Å². The number of nitrogens with zero attached hydrogens (tertiary/aromatic N) is 1. The van der Waals surface area contributed by atoms with E-state index in [-0.39, 0.29) is 24.4 Å². The molecule has 3 aromatic carbocycles.